The van der Waals surface area contributed by atoms with Gasteiger partial charge in [0.15, 0.2) is 0 Å². The molecule has 3 nitrogen and oxygen atoms in total. The average Bonchev–Trinajstić information content (AvgIpc) is 2.67. The lowest BCUT2D eigenvalue weighted by atomic mass is 9.94. The van der Waals surface area contributed by atoms with Gasteiger partial charge in [0.05, 0.1) is 0 Å². The molecule has 2 aliphatic rings. The molecule has 1 saturated heterocycles. The SMILES string of the molecule is CCNC1CCCCCC1N(C)CC1CCN(C)CC1. The minimum absolute atomic E-state index is 0.721. The molecule has 1 saturated carbocycles. The Balaban J connectivity index is 1.85. The van der Waals surface area contributed by atoms with Crippen molar-refractivity contribution in [2.24, 2.45) is 5.92 Å². The van der Waals surface area contributed by atoms with E-state index < -0.39 is 0 Å². The van der Waals surface area contributed by atoms with E-state index in [0.717, 1.165) is 24.5 Å². The summed E-state index contributed by atoms with van der Waals surface area (Å²) in [6.07, 6.45) is 9.80. The molecule has 2 atom stereocenters. The highest BCUT2D eigenvalue weighted by molar-refractivity contribution is 4.87. The maximum absolute atomic E-state index is 3.75. The molecule has 118 valence electrons. The molecule has 1 aliphatic carbocycles. The third kappa shape index (κ3) is 4.71. The van der Waals surface area contributed by atoms with Crippen molar-refractivity contribution in [1.82, 2.24) is 15.1 Å². The first-order valence-electron chi connectivity index (χ1n) is 8.83. The van der Waals surface area contributed by atoms with Crippen LogP contribution >= 0.6 is 0 Å². The quantitative estimate of drug-likeness (QED) is 0.781. The zero-order valence-corrected chi connectivity index (χ0v) is 13.9. The van der Waals surface area contributed by atoms with Crippen molar-refractivity contribution in [3.05, 3.63) is 0 Å². The van der Waals surface area contributed by atoms with Gasteiger partial charge in [0, 0.05) is 18.6 Å². The highest BCUT2D eigenvalue weighted by Crippen LogP contribution is 2.24. The van der Waals surface area contributed by atoms with E-state index in [2.05, 4.69) is 36.1 Å². The second kappa shape index (κ2) is 8.35. The van der Waals surface area contributed by atoms with Crippen molar-refractivity contribution in [2.75, 3.05) is 40.3 Å². The molecule has 0 spiro atoms. The Hall–Kier alpha value is -0.120. The number of rotatable bonds is 5. The monoisotopic (exact) mass is 281 g/mol. The van der Waals surface area contributed by atoms with Crippen LogP contribution in [0.5, 0.6) is 0 Å². The average molecular weight is 281 g/mol. The smallest absolute Gasteiger partial charge is 0.0246 e. The maximum atomic E-state index is 3.75. The Morgan fingerprint density at radius 1 is 1.05 bits per heavy atom. The minimum Gasteiger partial charge on any atom is -0.313 e. The second-order valence-electron chi connectivity index (χ2n) is 7.06. The molecule has 20 heavy (non-hydrogen) atoms. The predicted octanol–water partition coefficient (Wildman–Crippen LogP) is 2.57. The summed E-state index contributed by atoms with van der Waals surface area (Å²) >= 11 is 0. The first kappa shape index (κ1) is 16.3. The molecule has 2 fully saturated rings. The number of nitrogens with zero attached hydrogens (tertiary/aromatic N) is 2. The Morgan fingerprint density at radius 2 is 1.75 bits per heavy atom. The number of piperidine rings is 1. The lowest BCUT2D eigenvalue weighted by Crippen LogP contribution is -2.50. The van der Waals surface area contributed by atoms with E-state index in [1.54, 1.807) is 0 Å². The van der Waals surface area contributed by atoms with Crippen molar-refractivity contribution in [1.29, 1.82) is 0 Å². The summed E-state index contributed by atoms with van der Waals surface area (Å²) in [6.45, 7) is 7.25. The van der Waals surface area contributed by atoms with E-state index in [4.69, 9.17) is 0 Å². The van der Waals surface area contributed by atoms with Crippen LogP contribution in [0, 0.1) is 5.92 Å². The van der Waals surface area contributed by atoms with E-state index >= 15 is 0 Å². The summed E-state index contributed by atoms with van der Waals surface area (Å²) in [5.41, 5.74) is 0. The first-order valence-corrected chi connectivity index (χ1v) is 8.83. The molecule has 0 aromatic rings. The molecule has 0 aromatic heterocycles. The molecule has 3 heteroatoms. The van der Waals surface area contributed by atoms with E-state index in [0.29, 0.717) is 0 Å². The molecule has 1 aliphatic heterocycles. The van der Waals surface area contributed by atoms with Gasteiger partial charge in [-0.15, -0.1) is 0 Å². The summed E-state index contributed by atoms with van der Waals surface area (Å²) < 4.78 is 0. The van der Waals surface area contributed by atoms with Gasteiger partial charge in [-0.1, -0.05) is 26.2 Å². The van der Waals surface area contributed by atoms with Gasteiger partial charge in [-0.05, 0) is 65.3 Å². The molecule has 1 heterocycles. The van der Waals surface area contributed by atoms with Gasteiger partial charge >= 0.3 is 0 Å². The molecule has 1 N–H and O–H groups in total. The second-order valence-corrected chi connectivity index (χ2v) is 7.06. The third-order valence-corrected chi connectivity index (χ3v) is 5.40. The van der Waals surface area contributed by atoms with Crippen LogP contribution in [0.1, 0.15) is 51.9 Å². The standard InChI is InChI=1S/C17H35N3/c1-4-18-16-8-6-5-7-9-17(16)20(3)14-15-10-12-19(2)13-11-15/h15-18H,4-14H2,1-3H3. The van der Waals surface area contributed by atoms with E-state index in [1.165, 1.54) is 64.6 Å². The number of nitrogens with one attached hydrogen (secondary N) is 1. The van der Waals surface area contributed by atoms with Crippen LogP contribution in [0.4, 0.5) is 0 Å². The Kier molecular flexibility index (Phi) is 6.79. The molecule has 0 radical (unpaired) electrons. The van der Waals surface area contributed by atoms with Gasteiger partial charge in [-0.2, -0.15) is 0 Å². The van der Waals surface area contributed by atoms with Crippen LogP contribution in [0.15, 0.2) is 0 Å². The minimum atomic E-state index is 0.721. The molecular weight excluding hydrogens is 246 g/mol. The van der Waals surface area contributed by atoms with E-state index in [-0.39, 0.29) is 0 Å². The highest BCUT2D eigenvalue weighted by atomic mass is 15.2. The van der Waals surface area contributed by atoms with Crippen molar-refractivity contribution < 1.29 is 0 Å². The summed E-state index contributed by atoms with van der Waals surface area (Å²) in [4.78, 5) is 5.16. The van der Waals surface area contributed by atoms with Crippen molar-refractivity contribution in [3.8, 4) is 0 Å². The Morgan fingerprint density at radius 3 is 2.45 bits per heavy atom. The lowest BCUT2D eigenvalue weighted by molar-refractivity contribution is 0.126. The fourth-order valence-corrected chi connectivity index (χ4v) is 4.10. The van der Waals surface area contributed by atoms with Crippen LogP contribution in [0.3, 0.4) is 0 Å². The first-order chi connectivity index (χ1) is 9.70. The molecule has 2 unspecified atom stereocenters. The molecule has 2 rings (SSSR count). The number of hydrogen-bond donors (Lipinski definition) is 1. The van der Waals surface area contributed by atoms with Crippen LogP contribution < -0.4 is 5.32 Å². The van der Waals surface area contributed by atoms with Crippen LogP contribution in [0.2, 0.25) is 0 Å². The van der Waals surface area contributed by atoms with Gasteiger partial charge in [0.25, 0.3) is 0 Å². The van der Waals surface area contributed by atoms with Crippen molar-refractivity contribution in [3.63, 3.8) is 0 Å². The van der Waals surface area contributed by atoms with Gasteiger partial charge in [-0.3, -0.25) is 0 Å². The van der Waals surface area contributed by atoms with Crippen molar-refractivity contribution in [2.45, 2.75) is 64.0 Å². The highest BCUT2D eigenvalue weighted by Gasteiger charge is 2.28. The molecule has 0 aromatic carbocycles. The fraction of sp³-hybridized carbons (Fsp3) is 1.00. The normalized spacial score (nSPS) is 30.6. The summed E-state index contributed by atoms with van der Waals surface area (Å²) in [5, 5.41) is 3.75. The van der Waals surface area contributed by atoms with Crippen LogP contribution in [-0.4, -0.2) is 62.2 Å². The maximum Gasteiger partial charge on any atom is 0.0246 e. The largest absolute Gasteiger partial charge is 0.313 e. The number of likely N-dealkylation sites (N-methyl/N-ethyl adjacent to an activating group) is 2. The summed E-state index contributed by atoms with van der Waals surface area (Å²) in [5.74, 6) is 0.918. The van der Waals surface area contributed by atoms with Gasteiger partial charge in [-0.25, -0.2) is 0 Å². The zero-order chi connectivity index (χ0) is 14.4. The van der Waals surface area contributed by atoms with Gasteiger partial charge < -0.3 is 15.1 Å². The Labute approximate surface area is 126 Å². The third-order valence-electron chi connectivity index (χ3n) is 5.40. The summed E-state index contributed by atoms with van der Waals surface area (Å²) in [7, 11) is 4.63. The van der Waals surface area contributed by atoms with Crippen LogP contribution in [-0.2, 0) is 0 Å². The zero-order valence-electron chi connectivity index (χ0n) is 13.9. The number of likely N-dealkylation sites (tertiary alicyclic amines) is 1. The predicted molar refractivity (Wildman–Crippen MR) is 87.2 cm³/mol. The number of hydrogen-bond acceptors (Lipinski definition) is 3. The van der Waals surface area contributed by atoms with Gasteiger partial charge in [0.2, 0.25) is 0 Å². The van der Waals surface area contributed by atoms with E-state index in [1.807, 2.05) is 0 Å². The Bertz CT molecular complexity index is 261. The molecule has 0 amide bonds. The van der Waals surface area contributed by atoms with E-state index in [9.17, 15) is 0 Å². The lowest BCUT2D eigenvalue weighted by Gasteiger charge is -2.38. The topological polar surface area (TPSA) is 18.5 Å². The summed E-state index contributed by atoms with van der Waals surface area (Å²) in [6, 6.07) is 1.48. The van der Waals surface area contributed by atoms with Gasteiger partial charge in [0.1, 0.15) is 0 Å². The molecule has 0 bridgehead atoms. The van der Waals surface area contributed by atoms with Crippen molar-refractivity contribution >= 4 is 0 Å². The fourth-order valence-electron chi connectivity index (χ4n) is 4.10. The molecular formula is C17H35N3. The van der Waals surface area contributed by atoms with Crippen LogP contribution in [0.25, 0.3) is 0 Å².